The summed E-state index contributed by atoms with van der Waals surface area (Å²) >= 11 is 6.61. The number of rotatable bonds is 12. The van der Waals surface area contributed by atoms with E-state index in [2.05, 4.69) is 164 Å². The van der Waals surface area contributed by atoms with E-state index in [-0.39, 0.29) is 10.8 Å². The number of halogens is 1. The first kappa shape index (κ1) is 39.6. The van der Waals surface area contributed by atoms with Gasteiger partial charge in [0.2, 0.25) is 17.1 Å². The van der Waals surface area contributed by atoms with Gasteiger partial charge in [-0.25, -0.2) is 0 Å². The third-order valence-electron chi connectivity index (χ3n) is 11.8. The minimum Gasteiger partial charge on any atom is -0.385 e. The number of para-hydroxylation sites is 2. The molecule has 1 fully saturated rings. The molecule has 5 nitrogen and oxygen atoms in total. The molecule has 290 valence electrons. The molecule has 0 bridgehead atoms. The molecule has 0 atom stereocenters. The number of anilines is 2. The number of methoxy groups -OCH3 is 2. The summed E-state index contributed by atoms with van der Waals surface area (Å²) in [5, 5.41) is 0.769. The molecule has 56 heavy (non-hydrogen) atoms. The van der Waals surface area contributed by atoms with Crippen LogP contribution in [0.25, 0.3) is 0 Å². The number of aryl methyl sites for hydroxylation is 1. The van der Waals surface area contributed by atoms with Crippen LogP contribution in [0.2, 0.25) is 5.02 Å². The SMILES string of the molecule is COCCCN1C(=CC=C2CC/C(=C\C=C3\N(CCCOC)c4ccc(Cl)cc4C3(C)C)C2=[N+](c2ccccc2)c2ccccc2)C(C)(C)c2cc(C)ccc21. The van der Waals surface area contributed by atoms with E-state index < -0.39 is 0 Å². The minimum absolute atomic E-state index is 0.149. The first-order valence-corrected chi connectivity index (χ1v) is 20.5. The van der Waals surface area contributed by atoms with E-state index in [1.54, 1.807) is 14.2 Å². The van der Waals surface area contributed by atoms with Crippen LogP contribution in [0.15, 0.2) is 144 Å². The number of allylic oxidation sites excluding steroid dienone is 8. The summed E-state index contributed by atoms with van der Waals surface area (Å²) in [6.45, 7) is 14.8. The van der Waals surface area contributed by atoms with Crippen LogP contribution in [-0.2, 0) is 20.3 Å². The lowest BCUT2D eigenvalue weighted by Crippen LogP contribution is -2.27. The number of hydrogen-bond acceptors (Lipinski definition) is 4. The van der Waals surface area contributed by atoms with Gasteiger partial charge in [-0.15, -0.1) is 0 Å². The Morgan fingerprint density at radius 1 is 0.625 bits per heavy atom. The van der Waals surface area contributed by atoms with Gasteiger partial charge in [-0.3, -0.25) is 0 Å². The lowest BCUT2D eigenvalue weighted by molar-refractivity contribution is 0.196. The zero-order chi connectivity index (χ0) is 39.5. The Morgan fingerprint density at radius 3 is 1.57 bits per heavy atom. The van der Waals surface area contributed by atoms with Crippen molar-refractivity contribution >= 4 is 40.1 Å². The van der Waals surface area contributed by atoms with E-state index in [1.807, 2.05) is 6.07 Å². The highest BCUT2D eigenvalue weighted by atomic mass is 35.5. The minimum atomic E-state index is -0.224. The number of fused-ring (bicyclic) bond motifs is 2. The van der Waals surface area contributed by atoms with Crippen molar-refractivity contribution in [3.8, 4) is 0 Å². The molecule has 4 aromatic carbocycles. The van der Waals surface area contributed by atoms with Gasteiger partial charge in [-0.05, 0) is 80.2 Å². The van der Waals surface area contributed by atoms with Crippen LogP contribution in [0, 0.1) is 6.92 Å². The maximum Gasteiger partial charge on any atom is 0.218 e. The second-order valence-electron chi connectivity index (χ2n) is 16.3. The summed E-state index contributed by atoms with van der Waals surface area (Å²) in [5.74, 6) is 0. The van der Waals surface area contributed by atoms with Gasteiger partial charge < -0.3 is 19.3 Å². The maximum atomic E-state index is 6.61. The summed E-state index contributed by atoms with van der Waals surface area (Å²) in [5.41, 5.74) is 14.9. The quantitative estimate of drug-likeness (QED) is 0.106. The van der Waals surface area contributed by atoms with Gasteiger partial charge in [0.25, 0.3) is 0 Å². The van der Waals surface area contributed by atoms with E-state index in [1.165, 1.54) is 56.3 Å². The molecule has 1 aliphatic carbocycles. The fraction of sp³-hybridized carbons (Fsp3) is 0.340. The van der Waals surface area contributed by atoms with Crippen LogP contribution in [0.4, 0.5) is 22.7 Å². The van der Waals surface area contributed by atoms with Gasteiger partial charge in [0.1, 0.15) is 0 Å². The Labute approximate surface area is 339 Å². The molecule has 0 spiro atoms. The molecule has 2 heterocycles. The largest absolute Gasteiger partial charge is 0.385 e. The molecule has 7 rings (SSSR count). The number of nitrogens with zero attached hydrogens (tertiary/aromatic N) is 3. The second kappa shape index (κ2) is 16.8. The van der Waals surface area contributed by atoms with Gasteiger partial charge in [-0.2, -0.15) is 4.58 Å². The van der Waals surface area contributed by atoms with Crippen molar-refractivity contribution in [2.45, 2.75) is 71.1 Å². The summed E-state index contributed by atoms with van der Waals surface area (Å²) < 4.78 is 13.5. The smallest absolute Gasteiger partial charge is 0.218 e. The molecule has 0 amide bonds. The van der Waals surface area contributed by atoms with Crippen LogP contribution in [0.5, 0.6) is 0 Å². The highest BCUT2D eigenvalue weighted by molar-refractivity contribution is 6.30. The van der Waals surface area contributed by atoms with Gasteiger partial charge in [0, 0.05) is 115 Å². The Bertz CT molecular complexity index is 2060. The third kappa shape index (κ3) is 7.70. The molecule has 0 radical (unpaired) electrons. The van der Waals surface area contributed by atoms with Gasteiger partial charge in [-0.1, -0.05) is 106 Å². The molecule has 0 saturated heterocycles. The van der Waals surface area contributed by atoms with Crippen LogP contribution in [0.1, 0.15) is 70.1 Å². The molecule has 0 unspecified atom stereocenters. The normalized spacial score (nSPS) is 19.8. The van der Waals surface area contributed by atoms with Crippen molar-refractivity contribution in [2.75, 3.05) is 50.3 Å². The van der Waals surface area contributed by atoms with Crippen molar-refractivity contribution < 1.29 is 9.47 Å². The van der Waals surface area contributed by atoms with Crippen molar-refractivity contribution in [1.29, 1.82) is 0 Å². The highest BCUT2D eigenvalue weighted by Crippen LogP contribution is 2.50. The van der Waals surface area contributed by atoms with E-state index in [4.69, 9.17) is 21.1 Å². The molecule has 0 aromatic heterocycles. The molecular formula is C50H57ClN3O2+. The predicted molar refractivity (Wildman–Crippen MR) is 237 cm³/mol. The zero-order valence-electron chi connectivity index (χ0n) is 34.2. The molecule has 1 saturated carbocycles. The van der Waals surface area contributed by atoms with E-state index in [9.17, 15) is 0 Å². The maximum absolute atomic E-state index is 6.61. The number of benzene rings is 4. The standard InChI is InChI=1S/C50H57ClN3O2/c1-36-20-26-44-42(34-36)49(2,3)46(52(44)30-14-32-55-6)28-23-37-21-22-38(48(37)54(40-16-10-8-11-17-40)41-18-12-9-13-19-41)24-29-47-50(4,5)43-35-39(51)25-27-45(43)53(47)31-15-33-56-7/h8-13,16-20,23-29,34-35H,14-15,21-22,30-33H2,1-7H3/q+1. The monoisotopic (exact) mass is 766 g/mol. The van der Waals surface area contributed by atoms with Gasteiger partial charge in [0.15, 0.2) is 0 Å². The first-order valence-electron chi connectivity index (χ1n) is 20.1. The van der Waals surface area contributed by atoms with Crippen LogP contribution in [-0.4, -0.2) is 46.2 Å². The summed E-state index contributed by atoms with van der Waals surface area (Å²) in [6.07, 6.45) is 13.4. The Balaban J connectivity index is 1.40. The first-order chi connectivity index (χ1) is 27.1. The van der Waals surface area contributed by atoms with E-state index in [0.717, 1.165) is 61.8 Å². The van der Waals surface area contributed by atoms with Crippen molar-refractivity contribution in [3.63, 3.8) is 0 Å². The molecule has 6 heteroatoms. The molecule has 4 aromatic rings. The van der Waals surface area contributed by atoms with Gasteiger partial charge in [0.05, 0.1) is 0 Å². The molecular weight excluding hydrogens is 710 g/mol. The zero-order valence-corrected chi connectivity index (χ0v) is 35.0. The number of hydrogen-bond donors (Lipinski definition) is 0. The van der Waals surface area contributed by atoms with Crippen molar-refractivity contribution in [3.05, 3.63) is 166 Å². The van der Waals surface area contributed by atoms with Crippen molar-refractivity contribution in [2.24, 2.45) is 0 Å². The Kier molecular flexibility index (Phi) is 11.9. The lowest BCUT2D eigenvalue weighted by atomic mass is 9.83. The summed E-state index contributed by atoms with van der Waals surface area (Å²) in [7, 11) is 3.57. The van der Waals surface area contributed by atoms with Crippen molar-refractivity contribution in [1.82, 2.24) is 4.58 Å². The highest BCUT2D eigenvalue weighted by Gasteiger charge is 2.42. The molecule has 2 aliphatic heterocycles. The third-order valence-corrected chi connectivity index (χ3v) is 12.0. The topological polar surface area (TPSA) is 28.0 Å². The summed E-state index contributed by atoms with van der Waals surface area (Å²) in [6, 6.07) is 34.9. The van der Waals surface area contributed by atoms with Gasteiger partial charge >= 0.3 is 0 Å². The van der Waals surface area contributed by atoms with E-state index >= 15 is 0 Å². The average molecular weight is 767 g/mol. The molecule has 0 N–H and O–H groups in total. The lowest BCUT2D eigenvalue weighted by Gasteiger charge is -2.27. The van der Waals surface area contributed by atoms with Crippen LogP contribution >= 0.6 is 11.6 Å². The van der Waals surface area contributed by atoms with E-state index in [0.29, 0.717) is 6.61 Å². The summed E-state index contributed by atoms with van der Waals surface area (Å²) in [4.78, 5) is 5.00. The number of ether oxygens (including phenoxy) is 2. The second-order valence-corrected chi connectivity index (χ2v) is 16.7. The van der Waals surface area contributed by atoms with Crippen LogP contribution in [0.3, 0.4) is 0 Å². The van der Waals surface area contributed by atoms with Crippen LogP contribution < -0.4 is 14.4 Å². The fourth-order valence-corrected chi connectivity index (χ4v) is 9.07. The fourth-order valence-electron chi connectivity index (χ4n) is 8.90. The average Bonchev–Trinajstić information content (AvgIpc) is 3.75. The predicted octanol–water partition coefficient (Wildman–Crippen LogP) is 12.0. The molecule has 3 aliphatic rings. The Morgan fingerprint density at radius 2 is 1.09 bits per heavy atom. The Hall–Kier alpha value is -4.68.